The van der Waals surface area contributed by atoms with Crippen LogP contribution in [0.4, 0.5) is 4.79 Å². The molecular formula is C12H25N3O5S. The van der Waals surface area contributed by atoms with Gasteiger partial charge in [0.1, 0.15) is 6.04 Å². The number of amides is 2. The SMILES string of the molecule is CCCCS(=O)(=O)C[C@@H](NC(=O)OC)C(=O)NCCCN. The predicted molar refractivity (Wildman–Crippen MR) is 79.6 cm³/mol. The van der Waals surface area contributed by atoms with Crippen LogP contribution < -0.4 is 16.4 Å². The van der Waals surface area contributed by atoms with E-state index in [1.54, 1.807) is 0 Å². The van der Waals surface area contributed by atoms with Crippen LogP contribution in [0.1, 0.15) is 26.2 Å². The van der Waals surface area contributed by atoms with Crippen LogP contribution in [0.5, 0.6) is 0 Å². The quantitative estimate of drug-likeness (QED) is 0.460. The van der Waals surface area contributed by atoms with Crippen LogP contribution in [-0.4, -0.2) is 58.2 Å². The molecule has 0 aromatic heterocycles. The van der Waals surface area contributed by atoms with Crippen LogP contribution in [0, 0.1) is 0 Å². The van der Waals surface area contributed by atoms with E-state index in [9.17, 15) is 18.0 Å². The number of hydrogen-bond donors (Lipinski definition) is 3. The molecule has 9 heteroatoms. The van der Waals surface area contributed by atoms with Gasteiger partial charge in [-0.1, -0.05) is 13.3 Å². The van der Waals surface area contributed by atoms with E-state index in [1.807, 2.05) is 6.92 Å². The van der Waals surface area contributed by atoms with Gasteiger partial charge in [0.25, 0.3) is 0 Å². The Morgan fingerprint density at radius 1 is 1.29 bits per heavy atom. The Labute approximate surface area is 125 Å². The van der Waals surface area contributed by atoms with Gasteiger partial charge in [0, 0.05) is 6.54 Å². The van der Waals surface area contributed by atoms with Crippen LogP contribution in [0.15, 0.2) is 0 Å². The van der Waals surface area contributed by atoms with Gasteiger partial charge in [-0.2, -0.15) is 0 Å². The zero-order chi connectivity index (χ0) is 16.3. The van der Waals surface area contributed by atoms with E-state index in [1.165, 1.54) is 0 Å². The van der Waals surface area contributed by atoms with Gasteiger partial charge in [-0.3, -0.25) is 4.79 Å². The summed E-state index contributed by atoms with van der Waals surface area (Å²) in [5.41, 5.74) is 5.31. The van der Waals surface area contributed by atoms with Crippen molar-refractivity contribution in [3.05, 3.63) is 0 Å². The fourth-order valence-electron chi connectivity index (χ4n) is 1.52. The third kappa shape index (κ3) is 9.24. The van der Waals surface area contributed by atoms with E-state index in [2.05, 4.69) is 15.4 Å². The Bertz CT molecular complexity index is 425. The molecule has 0 unspecified atom stereocenters. The molecule has 124 valence electrons. The van der Waals surface area contributed by atoms with Crippen molar-refractivity contribution < 1.29 is 22.7 Å². The van der Waals surface area contributed by atoms with E-state index in [4.69, 9.17) is 5.73 Å². The van der Waals surface area contributed by atoms with E-state index in [0.717, 1.165) is 13.5 Å². The summed E-state index contributed by atoms with van der Waals surface area (Å²) in [7, 11) is -2.29. The second kappa shape index (κ2) is 10.4. The fraction of sp³-hybridized carbons (Fsp3) is 0.833. The number of hydrogen-bond acceptors (Lipinski definition) is 6. The lowest BCUT2D eigenvalue weighted by Crippen LogP contribution is -2.50. The molecule has 0 fully saturated rings. The van der Waals surface area contributed by atoms with Crippen molar-refractivity contribution in [2.45, 2.75) is 32.2 Å². The smallest absolute Gasteiger partial charge is 0.407 e. The van der Waals surface area contributed by atoms with E-state index in [0.29, 0.717) is 25.9 Å². The van der Waals surface area contributed by atoms with Gasteiger partial charge in [0.15, 0.2) is 9.84 Å². The summed E-state index contributed by atoms with van der Waals surface area (Å²) in [5, 5.41) is 4.78. The second-order valence-electron chi connectivity index (χ2n) is 4.59. The Morgan fingerprint density at radius 2 is 1.95 bits per heavy atom. The normalized spacial score (nSPS) is 12.5. The maximum atomic E-state index is 11.9. The van der Waals surface area contributed by atoms with E-state index >= 15 is 0 Å². The third-order valence-corrected chi connectivity index (χ3v) is 4.46. The van der Waals surface area contributed by atoms with Gasteiger partial charge in [0.2, 0.25) is 5.91 Å². The summed E-state index contributed by atoms with van der Waals surface area (Å²) in [4.78, 5) is 23.2. The average molecular weight is 323 g/mol. The van der Waals surface area contributed by atoms with Gasteiger partial charge in [-0.15, -0.1) is 0 Å². The lowest BCUT2D eigenvalue weighted by molar-refractivity contribution is -0.122. The minimum Gasteiger partial charge on any atom is -0.453 e. The summed E-state index contributed by atoms with van der Waals surface area (Å²) in [6.45, 7) is 2.60. The van der Waals surface area contributed by atoms with Crippen molar-refractivity contribution in [2.75, 3.05) is 31.7 Å². The molecule has 21 heavy (non-hydrogen) atoms. The zero-order valence-electron chi connectivity index (χ0n) is 12.6. The Kier molecular flexibility index (Phi) is 9.72. The molecule has 0 spiro atoms. The van der Waals surface area contributed by atoms with E-state index in [-0.39, 0.29) is 5.75 Å². The summed E-state index contributed by atoms with van der Waals surface area (Å²) in [6.07, 6.45) is 0.970. The first-order valence-corrected chi connectivity index (χ1v) is 8.71. The molecule has 8 nitrogen and oxygen atoms in total. The number of nitrogens with two attached hydrogens (primary N) is 1. The monoisotopic (exact) mass is 323 g/mol. The van der Waals surface area contributed by atoms with Crippen molar-refractivity contribution in [1.82, 2.24) is 10.6 Å². The second-order valence-corrected chi connectivity index (χ2v) is 6.82. The number of sulfone groups is 1. The van der Waals surface area contributed by atoms with Crippen LogP contribution in [0.3, 0.4) is 0 Å². The Hall–Kier alpha value is -1.35. The minimum atomic E-state index is -3.43. The highest BCUT2D eigenvalue weighted by Gasteiger charge is 2.27. The van der Waals surface area contributed by atoms with Gasteiger partial charge >= 0.3 is 6.09 Å². The predicted octanol–water partition coefficient (Wildman–Crippen LogP) is -0.609. The molecule has 0 heterocycles. The largest absolute Gasteiger partial charge is 0.453 e. The number of alkyl carbamates (subject to hydrolysis) is 1. The van der Waals surface area contributed by atoms with Crippen LogP contribution in [0.2, 0.25) is 0 Å². The first-order valence-electron chi connectivity index (χ1n) is 6.89. The molecule has 0 aliphatic carbocycles. The minimum absolute atomic E-state index is 0.0149. The lowest BCUT2D eigenvalue weighted by atomic mass is 10.3. The van der Waals surface area contributed by atoms with Crippen LogP contribution >= 0.6 is 0 Å². The number of carbonyl (C=O) groups is 2. The van der Waals surface area contributed by atoms with Crippen molar-refractivity contribution in [3.63, 3.8) is 0 Å². The van der Waals surface area contributed by atoms with Crippen molar-refractivity contribution in [1.29, 1.82) is 0 Å². The Balaban J connectivity index is 4.72. The average Bonchev–Trinajstić information content (AvgIpc) is 2.44. The van der Waals surface area contributed by atoms with Gasteiger partial charge in [-0.25, -0.2) is 13.2 Å². The lowest BCUT2D eigenvalue weighted by Gasteiger charge is -2.17. The van der Waals surface area contributed by atoms with Crippen molar-refractivity contribution in [3.8, 4) is 0 Å². The van der Waals surface area contributed by atoms with Crippen LogP contribution in [0.25, 0.3) is 0 Å². The summed E-state index contributed by atoms with van der Waals surface area (Å²) in [6, 6.07) is -1.17. The number of ether oxygens (including phenoxy) is 1. The highest BCUT2D eigenvalue weighted by Crippen LogP contribution is 2.01. The molecular weight excluding hydrogens is 298 g/mol. The zero-order valence-corrected chi connectivity index (χ0v) is 13.4. The number of methoxy groups -OCH3 is 1. The van der Waals surface area contributed by atoms with E-state index < -0.39 is 33.6 Å². The summed E-state index contributed by atoms with van der Waals surface area (Å²) < 4.78 is 28.2. The Morgan fingerprint density at radius 3 is 2.48 bits per heavy atom. The van der Waals surface area contributed by atoms with Gasteiger partial charge < -0.3 is 21.1 Å². The molecule has 0 saturated heterocycles. The molecule has 0 aliphatic heterocycles. The molecule has 2 amide bonds. The first kappa shape index (κ1) is 19.7. The molecule has 0 aromatic rings. The summed E-state index contributed by atoms with van der Waals surface area (Å²) in [5.74, 6) is -1.02. The van der Waals surface area contributed by atoms with Crippen molar-refractivity contribution >= 4 is 21.8 Å². The maximum Gasteiger partial charge on any atom is 0.407 e. The molecule has 0 saturated carbocycles. The third-order valence-electron chi connectivity index (χ3n) is 2.70. The standard InChI is InChI=1S/C12H25N3O5S/c1-3-4-8-21(18,19)9-10(15-12(17)20-2)11(16)14-7-5-6-13/h10H,3-9,13H2,1-2H3,(H,14,16)(H,15,17)/t10-/m1/s1. The summed E-state index contributed by atoms with van der Waals surface area (Å²) >= 11 is 0. The van der Waals surface area contributed by atoms with Gasteiger partial charge in [0.05, 0.1) is 18.6 Å². The highest BCUT2D eigenvalue weighted by molar-refractivity contribution is 7.91. The van der Waals surface area contributed by atoms with Crippen LogP contribution in [-0.2, 0) is 19.4 Å². The topological polar surface area (TPSA) is 128 Å². The highest BCUT2D eigenvalue weighted by atomic mass is 32.2. The number of nitrogens with one attached hydrogen (secondary N) is 2. The molecule has 0 aliphatic rings. The maximum absolute atomic E-state index is 11.9. The molecule has 1 atom stereocenters. The molecule has 4 N–H and O–H groups in total. The number of unbranched alkanes of at least 4 members (excludes halogenated alkanes) is 1. The van der Waals surface area contributed by atoms with Gasteiger partial charge in [-0.05, 0) is 19.4 Å². The molecule has 0 radical (unpaired) electrons. The first-order chi connectivity index (χ1) is 9.86. The fourth-order valence-corrected chi connectivity index (χ4v) is 3.16. The number of carbonyl (C=O) groups excluding carboxylic acids is 2. The molecule has 0 bridgehead atoms. The van der Waals surface area contributed by atoms with Crippen molar-refractivity contribution in [2.24, 2.45) is 5.73 Å². The molecule has 0 aromatic carbocycles. The number of rotatable bonds is 10. The molecule has 0 rings (SSSR count).